The number of sulfonamides is 1. The number of rotatable bonds is 7. The van der Waals surface area contributed by atoms with Crippen molar-refractivity contribution >= 4 is 50.5 Å². The van der Waals surface area contributed by atoms with E-state index < -0.39 is 22.5 Å². The normalized spacial score (nSPS) is 11.0. The number of anilines is 3. The summed E-state index contributed by atoms with van der Waals surface area (Å²) in [5.74, 6) is -0.796. The highest BCUT2D eigenvalue weighted by Gasteiger charge is 2.28. The highest BCUT2D eigenvalue weighted by atomic mass is 35.5. The van der Waals surface area contributed by atoms with Crippen LogP contribution in [0.2, 0.25) is 5.02 Å². The van der Waals surface area contributed by atoms with Crippen LogP contribution in [0.5, 0.6) is 0 Å². The molecule has 0 unspecified atom stereocenters. The molecule has 3 aromatic rings. The van der Waals surface area contributed by atoms with Crippen LogP contribution >= 0.6 is 11.6 Å². The van der Waals surface area contributed by atoms with Crippen molar-refractivity contribution in [3.05, 3.63) is 82.9 Å². The molecular weight excluding hydrogens is 462 g/mol. The van der Waals surface area contributed by atoms with Gasteiger partial charge in [0.15, 0.2) is 0 Å². The molecule has 0 heterocycles. The van der Waals surface area contributed by atoms with Crippen LogP contribution in [-0.2, 0) is 19.6 Å². The number of hydrogen-bond acceptors (Lipinski definition) is 4. The zero-order valence-corrected chi connectivity index (χ0v) is 20.0. The van der Waals surface area contributed by atoms with Crippen LogP contribution in [0.3, 0.4) is 0 Å². The van der Waals surface area contributed by atoms with E-state index in [1.54, 1.807) is 55.5 Å². The van der Waals surface area contributed by atoms with Crippen LogP contribution in [0, 0.1) is 13.8 Å². The summed E-state index contributed by atoms with van der Waals surface area (Å²) in [6.07, 6.45) is 0. The quantitative estimate of drug-likeness (QED) is 0.504. The van der Waals surface area contributed by atoms with Gasteiger partial charge in [0.05, 0.1) is 10.6 Å². The Morgan fingerprint density at radius 3 is 2.18 bits per heavy atom. The number of amides is 2. The molecule has 2 amide bonds. The summed E-state index contributed by atoms with van der Waals surface area (Å²) in [5, 5.41) is 5.68. The first-order chi connectivity index (χ1) is 15.6. The van der Waals surface area contributed by atoms with Gasteiger partial charge in [-0.2, -0.15) is 0 Å². The molecule has 0 aliphatic carbocycles. The number of nitrogens with one attached hydrogen (secondary N) is 2. The van der Waals surface area contributed by atoms with E-state index in [0.717, 1.165) is 9.87 Å². The Kier molecular flexibility index (Phi) is 7.40. The highest BCUT2D eigenvalue weighted by molar-refractivity contribution is 7.92. The Bertz CT molecular complexity index is 1290. The molecule has 0 aliphatic rings. The van der Waals surface area contributed by atoms with E-state index in [9.17, 15) is 18.0 Å². The maximum atomic E-state index is 13.5. The van der Waals surface area contributed by atoms with Gasteiger partial charge in [0, 0.05) is 23.3 Å². The van der Waals surface area contributed by atoms with E-state index >= 15 is 0 Å². The summed E-state index contributed by atoms with van der Waals surface area (Å²) in [6.45, 7) is 4.52. The molecule has 3 rings (SSSR count). The largest absolute Gasteiger partial charge is 0.326 e. The molecule has 0 bridgehead atoms. The molecular formula is C24H24ClN3O4S. The molecule has 0 aliphatic heterocycles. The van der Waals surface area contributed by atoms with Gasteiger partial charge in [-0.3, -0.25) is 13.9 Å². The van der Waals surface area contributed by atoms with Gasteiger partial charge in [-0.15, -0.1) is 0 Å². The lowest BCUT2D eigenvalue weighted by Gasteiger charge is -2.26. The molecule has 33 heavy (non-hydrogen) atoms. The summed E-state index contributed by atoms with van der Waals surface area (Å²) in [4.78, 5) is 24.3. The Balaban J connectivity index is 1.95. The summed E-state index contributed by atoms with van der Waals surface area (Å²) >= 11 is 6.15. The first-order valence-corrected chi connectivity index (χ1v) is 11.9. The van der Waals surface area contributed by atoms with Crippen LogP contribution in [0.15, 0.2) is 71.6 Å². The number of aryl methyl sites for hydroxylation is 2. The van der Waals surface area contributed by atoms with Crippen molar-refractivity contribution in [3.63, 3.8) is 0 Å². The second-order valence-corrected chi connectivity index (χ2v) is 9.86. The van der Waals surface area contributed by atoms with Crippen molar-refractivity contribution in [2.75, 3.05) is 21.5 Å². The summed E-state index contributed by atoms with van der Waals surface area (Å²) < 4.78 is 28.1. The van der Waals surface area contributed by atoms with Crippen molar-refractivity contribution < 1.29 is 18.0 Å². The van der Waals surface area contributed by atoms with E-state index in [1.165, 1.54) is 25.1 Å². The maximum Gasteiger partial charge on any atom is 0.264 e. The minimum atomic E-state index is -4.06. The first kappa shape index (κ1) is 24.3. The van der Waals surface area contributed by atoms with Gasteiger partial charge in [-0.05, 0) is 61.9 Å². The smallest absolute Gasteiger partial charge is 0.264 e. The van der Waals surface area contributed by atoms with E-state index in [1.807, 2.05) is 6.92 Å². The maximum absolute atomic E-state index is 13.5. The zero-order chi connectivity index (χ0) is 24.2. The van der Waals surface area contributed by atoms with Crippen molar-refractivity contribution in [1.82, 2.24) is 0 Å². The lowest BCUT2D eigenvalue weighted by atomic mass is 10.2. The Morgan fingerprint density at radius 2 is 1.55 bits per heavy atom. The first-order valence-electron chi connectivity index (χ1n) is 10.1. The van der Waals surface area contributed by atoms with E-state index in [2.05, 4.69) is 10.6 Å². The lowest BCUT2D eigenvalue weighted by Crippen LogP contribution is -2.38. The highest BCUT2D eigenvalue weighted by Crippen LogP contribution is 2.29. The van der Waals surface area contributed by atoms with Gasteiger partial charge in [0.25, 0.3) is 10.0 Å². The molecule has 0 aromatic heterocycles. The molecule has 0 saturated heterocycles. The van der Waals surface area contributed by atoms with Gasteiger partial charge in [-0.1, -0.05) is 41.4 Å². The third kappa shape index (κ3) is 6.12. The summed E-state index contributed by atoms with van der Waals surface area (Å²) in [7, 11) is -4.06. The predicted molar refractivity (Wildman–Crippen MR) is 131 cm³/mol. The molecule has 0 spiro atoms. The van der Waals surface area contributed by atoms with Gasteiger partial charge >= 0.3 is 0 Å². The van der Waals surface area contributed by atoms with Crippen molar-refractivity contribution in [1.29, 1.82) is 0 Å². The Morgan fingerprint density at radius 1 is 0.909 bits per heavy atom. The van der Waals surface area contributed by atoms with E-state index in [0.29, 0.717) is 27.6 Å². The van der Waals surface area contributed by atoms with Gasteiger partial charge < -0.3 is 10.6 Å². The Hall–Kier alpha value is -3.36. The molecule has 7 nitrogen and oxygen atoms in total. The molecule has 0 atom stereocenters. The van der Waals surface area contributed by atoms with Crippen LogP contribution in [0.25, 0.3) is 0 Å². The topological polar surface area (TPSA) is 95.6 Å². The number of hydrogen-bond donors (Lipinski definition) is 2. The second kappa shape index (κ2) is 10.1. The fourth-order valence-corrected chi connectivity index (χ4v) is 4.84. The number of carbonyl (C=O) groups is 2. The van der Waals surface area contributed by atoms with Crippen LogP contribution in [-0.4, -0.2) is 26.8 Å². The SMILES string of the molecule is CC(=O)Nc1cccc(NC(=O)CN(c2cc(Cl)ccc2C)S(=O)(=O)c2ccc(C)cc2)c1. The van der Waals surface area contributed by atoms with Gasteiger partial charge in [-0.25, -0.2) is 8.42 Å². The van der Waals surface area contributed by atoms with Gasteiger partial charge in [0.1, 0.15) is 6.54 Å². The molecule has 0 fully saturated rings. The fraction of sp³-hybridized carbons (Fsp3) is 0.167. The van der Waals surface area contributed by atoms with Crippen LogP contribution < -0.4 is 14.9 Å². The summed E-state index contributed by atoms with van der Waals surface area (Å²) in [6, 6.07) is 17.9. The molecule has 3 aromatic carbocycles. The van der Waals surface area contributed by atoms with Crippen molar-refractivity contribution in [3.8, 4) is 0 Å². The number of benzene rings is 3. The molecule has 0 radical (unpaired) electrons. The average molecular weight is 486 g/mol. The minimum absolute atomic E-state index is 0.0629. The monoisotopic (exact) mass is 485 g/mol. The number of carbonyl (C=O) groups excluding carboxylic acids is 2. The molecule has 2 N–H and O–H groups in total. The second-order valence-electron chi connectivity index (χ2n) is 7.57. The predicted octanol–water partition coefficient (Wildman–Crippen LogP) is 4.75. The number of halogens is 1. The van der Waals surface area contributed by atoms with Crippen LogP contribution in [0.1, 0.15) is 18.1 Å². The molecule has 9 heteroatoms. The molecule has 172 valence electrons. The third-order valence-corrected chi connectivity index (χ3v) is 6.81. The third-order valence-electron chi connectivity index (χ3n) is 4.80. The number of nitrogens with zero attached hydrogens (tertiary/aromatic N) is 1. The lowest BCUT2D eigenvalue weighted by molar-refractivity contribution is -0.115. The van der Waals surface area contributed by atoms with Gasteiger partial charge in [0.2, 0.25) is 11.8 Å². The molecule has 0 saturated carbocycles. The Labute approximate surface area is 198 Å². The van der Waals surface area contributed by atoms with Crippen molar-refractivity contribution in [2.24, 2.45) is 0 Å². The minimum Gasteiger partial charge on any atom is -0.326 e. The fourth-order valence-electron chi connectivity index (χ4n) is 3.20. The standard InChI is InChI=1S/C24H24ClN3O4S/c1-16-7-11-22(12-8-16)33(31,32)28(23-13-19(25)10-9-17(23)2)15-24(30)27-21-6-4-5-20(14-21)26-18(3)29/h4-14H,15H2,1-3H3,(H,26,29)(H,27,30). The van der Waals surface area contributed by atoms with Crippen LogP contribution in [0.4, 0.5) is 17.1 Å². The van der Waals surface area contributed by atoms with Crippen molar-refractivity contribution in [2.45, 2.75) is 25.7 Å². The van der Waals surface area contributed by atoms with E-state index in [4.69, 9.17) is 11.6 Å². The van der Waals surface area contributed by atoms with E-state index in [-0.39, 0.29) is 10.8 Å². The summed E-state index contributed by atoms with van der Waals surface area (Å²) in [5.41, 5.74) is 2.80. The zero-order valence-electron chi connectivity index (χ0n) is 18.4. The average Bonchev–Trinajstić information content (AvgIpc) is 2.74.